The van der Waals surface area contributed by atoms with Crippen LogP contribution in [0.5, 0.6) is 0 Å². The van der Waals surface area contributed by atoms with E-state index in [1.54, 1.807) is 6.92 Å². The molecule has 1 heterocycles. The molecular formula is C33H35NO3. The maximum absolute atomic E-state index is 11.7. The molecule has 0 radical (unpaired) electrons. The first-order valence-corrected chi connectivity index (χ1v) is 13.1. The summed E-state index contributed by atoms with van der Waals surface area (Å²) in [6.45, 7) is 7.87. The number of hydrogen-bond donors (Lipinski definition) is 1. The minimum absolute atomic E-state index is 0.0602. The quantitative estimate of drug-likeness (QED) is 0.259. The number of aliphatic hydroxyl groups excluding tert-OH is 1. The summed E-state index contributed by atoms with van der Waals surface area (Å²) in [5.74, 6) is 0.878. The lowest BCUT2D eigenvalue weighted by Crippen LogP contribution is -2.21. The van der Waals surface area contributed by atoms with Crippen molar-refractivity contribution in [2.75, 3.05) is 0 Å². The Morgan fingerprint density at radius 2 is 1.51 bits per heavy atom. The zero-order valence-corrected chi connectivity index (χ0v) is 22.1. The van der Waals surface area contributed by atoms with Crippen LogP contribution in [0.2, 0.25) is 0 Å². The Balaban J connectivity index is 1.35. The molecule has 0 spiro atoms. The van der Waals surface area contributed by atoms with Crippen LogP contribution < -0.4 is 0 Å². The first kappa shape index (κ1) is 25.2. The number of benzene rings is 3. The van der Waals surface area contributed by atoms with Gasteiger partial charge in [0.05, 0.1) is 17.4 Å². The van der Waals surface area contributed by atoms with E-state index in [-0.39, 0.29) is 16.6 Å². The van der Waals surface area contributed by atoms with Gasteiger partial charge in [-0.2, -0.15) is 0 Å². The standard InChI is InChI=1S/C33H35NO3/c1-22(35)20-33(18-19-33)28-16-14-25(15-17-28)24-10-12-26(13-11-24)31-30(23(2)34-37-31)29(36)21-32(3,4)27-8-6-5-7-9-27/h5-17,29,36H,18-21H2,1-4H3. The fourth-order valence-corrected chi connectivity index (χ4v) is 5.60. The van der Waals surface area contributed by atoms with Gasteiger partial charge in [-0.1, -0.05) is 97.9 Å². The Morgan fingerprint density at radius 1 is 0.946 bits per heavy atom. The highest BCUT2D eigenvalue weighted by atomic mass is 16.5. The zero-order chi connectivity index (χ0) is 26.2. The summed E-state index contributed by atoms with van der Waals surface area (Å²) in [5.41, 5.74) is 6.90. The van der Waals surface area contributed by atoms with Gasteiger partial charge in [0.25, 0.3) is 0 Å². The third-order valence-corrected chi connectivity index (χ3v) is 7.92. The largest absolute Gasteiger partial charge is 0.388 e. The van der Waals surface area contributed by atoms with Crippen molar-refractivity contribution in [3.8, 4) is 22.5 Å². The van der Waals surface area contributed by atoms with Crippen LogP contribution >= 0.6 is 0 Å². The molecule has 1 saturated carbocycles. The van der Waals surface area contributed by atoms with Gasteiger partial charge in [-0.05, 0) is 60.8 Å². The number of rotatable bonds is 9. The Labute approximate surface area is 219 Å². The van der Waals surface area contributed by atoms with Crippen LogP contribution in [-0.4, -0.2) is 16.0 Å². The second-order valence-electron chi connectivity index (χ2n) is 11.3. The summed E-state index contributed by atoms with van der Waals surface area (Å²) in [4.78, 5) is 11.7. The smallest absolute Gasteiger partial charge is 0.172 e. The van der Waals surface area contributed by atoms with Crippen LogP contribution in [0.4, 0.5) is 0 Å². The predicted octanol–water partition coefficient (Wildman–Crippen LogP) is 7.73. The summed E-state index contributed by atoms with van der Waals surface area (Å²) in [6, 6.07) is 27.1. The first-order valence-electron chi connectivity index (χ1n) is 13.1. The molecule has 1 aliphatic carbocycles. The number of carbonyl (C=O) groups excluding carboxylic acids is 1. The number of aromatic nitrogens is 1. The van der Waals surface area contributed by atoms with Gasteiger partial charge in [0.15, 0.2) is 5.76 Å². The number of ketones is 1. The molecular weight excluding hydrogens is 458 g/mol. The summed E-state index contributed by atoms with van der Waals surface area (Å²) in [5, 5.41) is 15.5. The fourth-order valence-electron chi connectivity index (χ4n) is 5.60. The summed E-state index contributed by atoms with van der Waals surface area (Å²) < 4.78 is 5.72. The molecule has 1 unspecified atom stereocenters. The van der Waals surface area contributed by atoms with Crippen LogP contribution in [0.3, 0.4) is 0 Å². The normalized spacial score (nSPS) is 15.4. The van der Waals surface area contributed by atoms with E-state index in [1.807, 2.05) is 37.3 Å². The molecule has 0 aliphatic heterocycles. The third-order valence-electron chi connectivity index (χ3n) is 7.92. The number of aryl methyl sites for hydroxylation is 1. The molecule has 4 aromatic rings. The van der Waals surface area contributed by atoms with Gasteiger partial charge in [0, 0.05) is 17.4 Å². The first-order chi connectivity index (χ1) is 17.7. The Kier molecular flexibility index (Phi) is 6.63. The summed E-state index contributed by atoms with van der Waals surface area (Å²) in [7, 11) is 0. The van der Waals surface area contributed by atoms with Gasteiger partial charge in [-0.15, -0.1) is 0 Å². The average Bonchev–Trinajstić information content (AvgIpc) is 3.56. The van der Waals surface area contributed by atoms with E-state index < -0.39 is 6.10 Å². The molecule has 190 valence electrons. The molecule has 1 aromatic heterocycles. The van der Waals surface area contributed by atoms with Gasteiger partial charge >= 0.3 is 0 Å². The van der Waals surface area contributed by atoms with E-state index in [4.69, 9.17) is 4.52 Å². The van der Waals surface area contributed by atoms with Crippen LogP contribution in [0.1, 0.15) is 74.9 Å². The average molecular weight is 494 g/mol. The van der Waals surface area contributed by atoms with Crippen molar-refractivity contribution in [3.05, 3.63) is 101 Å². The van der Waals surface area contributed by atoms with Crippen molar-refractivity contribution in [1.82, 2.24) is 5.16 Å². The molecule has 1 aliphatic rings. The van der Waals surface area contributed by atoms with Crippen molar-refractivity contribution in [1.29, 1.82) is 0 Å². The molecule has 5 rings (SSSR count). The maximum Gasteiger partial charge on any atom is 0.172 e. The van der Waals surface area contributed by atoms with Crippen LogP contribution in [0.15, 0.2) is 83.4 Å². The van der Waals surface area contributed by atoms with Crippen LogP contribution in [0.25, 0.3) is 22.5 Å². The zero-order valence-electron chi connectivity index (χ0n) is 22.1. The third kappa shape index (κ3) is 5.17. The van der Waals surface area contributed by atoms with Crippen molar-refractivity contribution >= 4 is 5.78 Å². The van der Waals surface area contributed by atoms with Crippen molar-refractivity contribution in [2.24, 2.45) is 0 Å². The molecule has 3 aromatic carbocycles. The van der Waals surface area contributed by atoms with Gasteiger partial charge in [-0.25, -0.2) is 0 Å². The molecule has 4 nitrogen and oxygen atoms in total. The van der Waals surface area contributed by atoms with Crippen molar-refractivity contribution in [2.45, 2.75) is 70.3 Å². The van der Waals surface area contributed by atoms with Crippen LogP contribution in [0, 0.1) is 6.92 Å². The molecule has 0 saturated heterocycles. The molecule has 0 bridgehead atoms. The van der Waals surface area contributed by atoms with E-state index in [0.29, 0.717) is 24.3 Å². The fraction of sp³-hybridized carbons (Fsp3) is 0.333. The number of nitrogens with zero attached hydrogens (tertiary/aromatic N) is 1. The number of hydrogen-bond acceptors (Lipinski definition) is 4. The van der Waals surface area contributed by atoms with E-state index in [2.05, 4.69) is 67.5 Å². The molecule has 1 atom stereocenters. The highest BCUT2D eigenvalue weighted by Crippen LogP contribution is 2.51. The van der Waals surface area contributed by atoms with Gasteiger partial charge < -0.3 is 9.63 Å². The topological polar surface area (TPSA) is 63.3 Å². The minimum Gasteiger partial charge on any atom is -0.388 e. The Morgan fingerprint density at radius 3 is 2.08 bits per heavy atom. The van der Waals surface area contributed by atoms with Gasteiger partial charge in [0.2, 0.25) is 0 Å². The van der Waals surface area contributed by atoms with Crippen LogP contribution in [-0.2, 0) is 15.6 Å². The lowest BCUT2D eigenvalue weighted by molar-refractivity contribution is -0.117. The Bertz CT molecular complexity index is 1380. The number of carbonyl (C=O) groups is 1. The monoisotopic (exact) mass is 493 g/mol. The molecule has 4 heteroatoms. The lowest BCUT2D eigenvalue weighted by atomic mass is 9.78. The second-order valence-corrected chi connectivity index (χ2v) is 11.3. The highest BCUT2D eigenvalue weighted by Gasteiger charge is 2.44. The number of Topliss-reactive ketones (excluding diaryl/α,β-unsaturated/α-hetero) is 1. The van der Waals surface area contributed by atoms with E-state index >= 15 is 0 Å². The molecule has 37 heavy (non-hydrogen) atoms. The second kappa shape index (κ2) is 9.75. The van der Waals surface area contributed by atoms with Gasteiger partial charge in [-0.3, -0.25) is 4.79 Å². The maximum atomic E-state index is 11.7. The molecule has 1 N–H and O–H groups in total. The van der Waals surface area contributed by atoms with Crippen molar-refractivity contribution in [3.63, 3.8) is 0 Å². The highest BCUT2D eigenvalue weighted by molar-refractivity contribution is 5.78. The van der Waals surface area contributed by atoms with Crippen molar-refractivity contribution < 1.29 is 14.4 Å². The molecule has 0 amide bonds. The van der Waals surface area contributed by atoms with Gasteiger partial charge in [0.1, 0.15) is 5.78 Å². The summed E-state index contributed by atoms with van der Waals surface area (Å²) >= 11 is 0. The summed E-state index contributed by atoms with van der Waals surface area (Å²) in [6.07, 6.45) is 2.67. The number of aliphatic hydroxyl groups is 1. The van der Waals surface area contributed by atoms with E-state index in [9.17, 15) is 9.90 Å². The Hall–Kier alpha value is -3.50. The molecule has 1 fully saturated rings. The predicted molar refractivity (Wildman–Crippen MR) is 147 cm³/mol. The minimum atomic E-state index is -0.701. The van der Waals surface area contributed by atoms with E-state index in [1.165, 1.54) is 11.1 Å². The van der Waals surface area contributed by atoms with E-state index in [0.717, 1.165) is 35.1 Å². The SMILES string of the molecule is CC(=O)CC1(c2ccc(-c3ccc(-c4onc(C)c4C(O)CC(C)(C)c4ccccc4)cc3)cc2)CC1. The lowest BCUT2D eigenvalue weighted by Gasteiger charge is -2.28.